The summed E-state index contributed by atoms with van der Waals surface area (Å²) in [6, 6.07) is 11.1. The van der Waals surface area contributed by atoms with E-state index in [1.54, 1.807) is 0 Å². The van der Waals surface area contributed by atoms with Crippen LogP contribution >= 0.6 is 0 Å². The molecule has 24 heavy (non-hydrogen) atoms. The summed E-state index contributed by atoms with van der Waals surface area (Å²) in [4.78, 5) is 20.2. The number of aliphatic hydroxyl groups is 1. The molecule has 0 fully saturated rings. The van der Waals surface area contributed by atoms with Gasteiger partial charge in [0.2, 0.25) is 0 Å². The van der Waals surface area contributed by atoms with Crippen molar-refractivity contribution >= 4 is 11.4 Å². The van der Waals surface area contributed by atoms with E-state index in [1.807, 2.05) is 0 Å². The zero-order valence-electron chi connectivity index (χ0n) is 12.4. The molecule has 0 amide bonds. The van der Waals surface area contributed by atoms with E-state index in [0.29, 0.717) is 0 Å². The molecule has 0 unspecified atom stereocenters. The number of nitro benzene ring substituents is 2. The van der Waals surface area contributed by atoms with Crippen LogP contribution in [0.25, 0.3) is 0 Å². The van der Waals surface area contributed by atoms with E-state index in [0.717, 1.165) is 0 Å². The molecule has 0 aromatic heterocycles. The zero-order valence-corrected chi connectivity index (χ0v) is 12.4. The fourth-order valence-corrected chi connectivity index (χ4v) is 1.81. The molecule has 2 rings (SSSR count). The third-order valence-corrected chi connectivity index (χ3v) is 2.94. The minimum absolute atomic E-state index is 0.116. The molecule has 2 aromatic rings. The summed E-state index contributed by atoms with van der Waals surface area (Å²) in [7, 11) is 0. The fraction of sp³-hybridized carbons (Fsp3) is 0.200. The van der Waals surface area contributed by atoms with Gasteiger partial charge in [0.25, 0.3) is 11.4 Å². The summed E-state index contributed by atoms with van der Waals surface area (Å²) in [5, 5.41) is 31.1. The highest BCUT2D eigenvalue weighted by Gasteiger charge is 2.11. The molecule has 0 saturated heterocycles. The Morgan fingerprint density at radius 3 is 1.67 bits per heavy atom. The quantitative estimate of drug-likeness (QED) is 0.580. The minimum Gasteiger partial charge on any atom is -0.490 e. The number of rotatable bonds is 8. The average molecular weight is 334 g/mol. The van der Waals surface area contributed by atoms with Crippen LogP contribution in [0.15, 0.2) is 48.5 Å². The number of benzene rings is 2. The lowest BCUT2D eigenvalue weighted by atomic mass is 10.3. The highest BCUT2D eigenvalue weighted by molar-refractivity contribution is 5.38. The van der Waals surface area contributed by atoms with Crippen LogP contribution in [0.2, 0.25) is 0 Å². The third-order valence-electron chi connectivity index (χ3n) is 2.94. The van der Waals surface area contributed by atoms with E-state index in [-0.39, 0.29) is 36.1 Å². The van der Waals surface area contributed by atoms with Crippen molar-refractivity contribution in [2.24, 2.45) is 0 Å². The van der Waals surface area contributed by atoms with Crippen LogP contribution in [0.1, 0.15) is 0 Å². The van der Waals surface area contributed by atoms with Gasteiger partial charge >= 0.3 is 0 Å². The lowest BCUT2D eigenvalue weighted by Crippen LogP contribution is -2.25. The SMILES string of the molecule is O=[N+]([O-])c1cccc(OCC(O)COc2cccc([N+](=O)[O-])c2)c1. The normalized spacial score (nSPS) is 10.4. The standard InChI is InChI=1S/C15H14N2O7/c18-13(9-23-14-5-1-3-11(7-14)16(19)20)10-24-15-6-2-4-12(8-15)17(21)22/h1-8,13,18H,9-10H2. The number of aliphatic hydroxyl groups excluding tert-OH is 1. The molecule has 1 N–H and O–H groups in total. The van der Waals surface area contributed by atoms with Crippen molar-refractivity contribution < 1.29 is 24.4 Å². The van der Waals surface area contributed by atoms with Crippen molar-refractivity contribution in [3.05, 3.63) is 68.8 Å². The maximum Gasteiger partial charge on any atom is 0.273 e. The zero-order chi connectivity index (χ0) is 17.5. The summed E-state index contributed by atoms with van der Waals surface area (Å²) in [5.74, 6) is 0.497. The summed E-state index contributed by atoms with van der Waals surface area (Å²) < 4.78 is 10.5. The Morgan fingerprint density at radius 2 is 1.29 bits per heavy atom. The second-order valence-corrected chi connectivity index (χ2v) is 4.78. The van der Waals surface area contributed by atoms with Gasteiger partial charge in [-0.05, 0) is 12.1 Å². The molecule has 2 aromatic carbocycles. The van der Waals surface area contributed by atoms with Gasteiger partial charge in [-0.2, -0.15) is 0 Å². The number of nitrogens with zero attached hydrogens (tertiary/aromatic N) is 2. The monoisotopic (exact) mass is 334 g/mol. The molecule has 9 heteroatoms. The molecule has 0 heterocycles. The molecule has 9 nitrogen and oxygen atoms in total. The fourth-order valence-electron chi connectivity index (χ4n) is 1.81. The Hall–Kier alpha value is -3.20. The predicted molar refractivity (Wildman–Crippen MR) is 83.2 cm³/mol. The van der Waals surface area contributed by atoms with Gasteiger partial charge in [-0.1, -0.05) is 12.1 Å². The highest BCUT2D eigenvalue weighted by atomic mass is 16.6. The smallest absolute Gasteiger partial charge is 0.273 e. The number of hydrogen-bond acceptors (Lipinski definition) is 7. The van der Waals surface area contributed by atoms with Crippen molar-refractivity contribution in [3.8, 4) is 11.5 Å². The first-order chi connectivity index (χ1) is 11.5. The second-order valence-electron chi connectivity index (χ2n) is 4.78. The highest BCUT2D eigenvalue weighted by Crippen LogP contribution is 2.20. The van der Waals surface area contributed by atoms with Crippen LogP contribution in [0.4, 0.5) is 11.4 Å². The van der Waals surface area contributed by atoms with Crippen molar-refractivity contribution in [1.29, 1.82) is 0 Å². The number of hydrogen-bond donors (Lipinski definition) is 1. The Labute approximate surface area is 136 Å². The lowest BCUT2D eigenvalue weighted by molar-refractivity contribution is -0.385. The van der Waals surface area contributed by atoms with E-state index in [4.69, 9.17) is 9.47 Å². The van der Waals surface area contributed by atoms with Gasteiger partial charge in [-0.25, -0.2) is 0 Å². The molecular weight excluding hydrogens is 320 g/mol. The molecule has 126 valence electrons. The van der Waals surface area contributed by atoms with Crippen molar-refractivity contribution in [1.82, 2.24) is 0 Å². The van der Waals surface area contributed by atoms with Gasteiger partial charge in [-0.15, -0.1) is 0 Å². The lowest BCUT2D eigenvalue weighted by Gasteiger charge is -2.13. The molecule has 0 aliphatic carbocycles. The molecule has 0 atom stereocenters. The molecule has 0 aliphatic rings. The first-order valence-corrected chi connectivity index (χ1v) is 6.88. The maximum absolute atomic E-state index is 10.7. The Balaban J connectivity index is 1.84. The van der Waals surface area contributed by atoms with Crippen LogP contribution in [0, 0.1) is 20.2 Å². The summed E-state index contributed by atoms with van der Waals surface area (Å²) in [5.41, 5.74) is -0.232. The Morgan fingerprint density at radius 1 is 0.875 bits per heavy atom. The Kier molecular flexibility index (Phi) is 5.63. The van der Waals surface area contributed by atoms with Gasteiger partial charge in [0.05, 0.1) is 22.0 Å². The first-order valence-electron chi connectivity index (χ1n) is 6.88. The molecule has 0 bridgehead atoms. The Bertz CT molecular complexity index is 674. The van der Waals surface area contributed by atoms with Gasteiger partial charge in [0, 0.05) is 12.1 Å². The maximum atomic E-state index is 10.7. The minimum atomic E-state index is -1.01. The van der Waals surface area contributed by atoms with E-state index >= 15 is 0 Å². The number of nitro groups is 2. The van der Waals surface area contributed by atoms with Crippen LogP contribution < -0.4 is 9.47 Å². The van der Waals surface area contributed by atoms with Crippen LogP contribution in [0.3, 0.4) is 0 Å². The van der Waals surface area contributed by atoms with Gasteiger partial charge in [-0.3, -0.25) is 20.2 Å². The van der Waals surface area contributed by atoms with E-state index < -0.39 is 16.0 Å². The molecule has 0 spiro atoms. The van der Waals surface area contributed by atoms with E-state index in [1.165, 1.54) is 48.5 Å². The molecule has 0 saturated carbocycles. The van der Waals surface area contributed by atoms with Gasteiger partial charge in [0.1, 0.15) is 30.8 Å². The van der Waals surface area contributed by atoms with Crippen molar-refractivity contribution in [2.45, 2.75) is 6.10 Å². The van der Waals surface area contributed by atoms with Gasteiger partial charge in [0.15, 0.2) is 0 Å². The molecule has 0 aliphatic heterocycles. The largest absolute Gasteiger partial charge is 0.490 e. The number of ether oxygens (including phenoxy) is 2. The summed E-state index contributed by atoms with van der Waals surface area (Å²) in [6.07, 6.45) is -1.01. The van der Waals surface area contributed by atoms with Crippen LogP contribution in [-0.2, 0) is 0 Å². The number of non-ortho nitro benzene ring substituents is 2. The topological polar surface area (TPSA) is 125 Å². The van der Waals surface area contributed by atoms with E-state index in [2.05, 4.69) is 0 Å². The predicted octanol–water partition coefficient (Wildman–Crippen LogP) is 2.32. The second kappa shape index (κ2) is 7.88. The summed E-state index contributed by atoms with van der Waals surface area (Å²) in [6.45, 7) is -0.286. The molecular formula is C15H14N2O7. The first kappa shape index (κ1) is 17.2. The summed E-state index contributed by atoms with van der Waals surface area (Å²) >= 11 is 0. The van der Waals surface area contributed by atoms with Gasteiger partial charge < -0.3 is 14.6 Å². The van der Waals surface area contributed by atoms with Crippen LogP contribution in [-0.4, -0.2) is 34.3 Å². The molecule has 0 radical (unpaired) electrons. The van der Waals surface area contributed by atoms with Crippen molar-refractivity contribution in [2.75, 3.05) is 13.2 Å². The third kappa shape index (κ3) is 4.92. The van der Waals surface area contributed by atoms with Crippen molar-refractivity contribution in [3.63, 3.8) is 0 Å². The van der Waals surface area contributed by atoms with E-state index in [9.17, 15) is 25.3 Å². The van der Waals surface area contributed by atoms with Crippen LogP contribution in [0.5, 0.6) is 11.5 Å². The average Bonchev–Trinajstić information content (AvgIpc) is 2.58.